The van der Waals surface area contributed by atoms with Crippen LogP contribution in [0.15, 0.2) is 0 Å². The van der Waals surface area contributed by atoms with E-state index in [0.717, 1.165) is 0 Å². The highest BCUT2D eigenvalue weighted by molar-refractivity contribution is 5.74. The number of aliphatic hydroxyl groups is 1. The lowest BCUT2D eigenvalue weighted by atomic mass is 10.2. The molecule has 2 amide bonds. The van der Waals surface area contributed by atoms with Gasteiger partial charge in [-0.2, -0.15) is 0 Å². The first-order chi connectivity index (χ1) is 7.82. The first kappa shape index (κ1) is 15.7. The van der Waals surface area contributed by atoms with E-state index in [1.54, 1.807) is 20.9 Å². The Balaban J connectivity index is 3.86. The third-order valence-electron chi connectivity index (χ3n) is 2.39. The smallest absolute Gasteiger partial charge is 0.317 e. The molecule has 0 saturated carbocycles. The van der Waals surface area contributed by atoms with Crippen LogP contribution in [0.4, 0.5) is 4.79 Å². The number of hydrogen-bond donors (Lipinski definition) is 3. The zero-order valence-corrected chi connectivity index (χ0v) is 10.6. The van der Waals surface area contributed by atoms with Crippen molar-refractivity contribution in [1.29, 1.82) is 0 Å². The third kappa shape index (κ3) is 8.50. The molecule has 3 N–H and O–H groups in total. The number of hydrogen-bond acceptors (Lipinski definition) is 3. The molecular formula is C11H22N2O4. The predicted molar refractivity (Wildman–Crippen MR) is 63.8 cm³/mol. The summed E-state index contributed by atoms with van der Waals surface area (Å²) in [4.78, 5) is 23.4. The Morgan fingerprint density at radius 1 is 1.29 bits per heavy atom. The Morgan fingerprint density at radius 2 is 1.88 bits per heavy atom. The van der Waals surface area contributed by atoms with Crippen LogP contribution in [0.5, 0.6) is 0 Å². The van der Waals surface area contributed by atoms with E-state index in [4.69, 9.17) is 10.2 Å². The summed E-state index contributed by atoms with van der Waals surface area (Å²) in [7, 11) is 1.64. The zero-order valence-electron chi connectivity index (χ0n) is 10.6. The quantitative estimate of drug-likeness (QED) is 0.615. The predicted octanol–water partition coefficient (Wildman–Crippen LogP) is 0.652. The molecule has 0 bridgehead atoms. The van der Waals surface area contributed by atoms with Crippen LogP contribution >= 0.6 is 0 Å². The second-order valence-electron chi connectivity index (χ2n) is 4.34. The van der Waals surface area contributed by atoms with E-state index in [2.05, 4.69) is 5.32 Å². The van der Waals surface area contributed by atoms with Crippen LogP contribution in [0.3, 0.4) is 0 Å². The largest absolute Gasteiger partial charge is 0.481 e. The molecule has 0 spiro atoms. The maximum atomic E-state index is 11.6. The molecule has 0 fully saturated rings. The third-order valence-corrected chi connectivity index (χ3v) is 2.39. The monoisotopic (exact) mass is 246 g/mol. The van der Waals surface area contributed by atoms with Crippen molar-refractivity contribution >= 4 is 12.0 Å². The van der Waals surface area contributed by atoms with Crippen molar-refractivity contribution in [2.45, 2.75) is 45.3 Å². The first-order valence-electron chi connectivity index (χ1n) is 5.74. The molecule has 0 aliphatic heterocycles. The molecule has 0 radical (unpaired) electrons. The molecule has 0 rings (SSSR count). The number of aliphatic carboxylic acids is 1. The molecule has 0 saturated heterocycles. The van der Waals surface area contributed by atoms with Gasteiger partial charge in [0.05, 0.1) is 6.10 Å². The van der Waals surface area contributed by atoms with Gasteiger partial charge in [-0.05, 0) is 26.7 Å². The second-order valence-corrected chi connectivity index (χ2v) is 4.34. The van der Waals surface area contributed by atoms with E-state index in [-0.39, 0.29) is 18.5 Å². The van der Waals surface area contributed by atoms with E-state index in [9.17, 15) is 9.59 Å². The van der Waals surface area contributed by atoms with Gasteiger partial charge >= 0.3 is 12.0 Å². The Kier molecular flexibility index (Phi) is 7.29. The van der Waals surface area contributed by atoms with Crippen molar-refractivity contribution in [3.8, 4) is 0 Å². The lowest BCUT2D eigenvalue weighted by Gasteiger charge is -2.21. The van der Waals surface area contributed by atoms with E-state index < -0.39 is 12.1 Å². The maximum absolute atomic E-state index is 11.6. The van der Waals surface area contributed by atoms with Crippen LogP contribution in [0.1, 0.15) is 33.1 Å². The van der Waals surface area contributed by atoms with Gasteiger partial charge in [0.1, 0.15) is 0 Å². The van der Waals surface area contributed by atoms with Gasteiger partial charge in [-0.15, -0.1) is 0 Å². The van der Waals surface area contributed by atoms with Gasteiger partial charge in [0.25, 0.3) is 0 Å². The number of carboxylic acid groups (broad SMARTS) is 1. The number of carbonyl (C=O) groups excluding carboxylic acids is 1. The van der Waals surface area contributed by atoms with Crippen LogP contribution < -0.4 is 5.32 Å². The van der Waals surface area contributed by atoms with Crippen LogP contribution in [-0.4, -0.2) is 52.9 Å². The summed E-state index contributed by atoms with van der Waals surface area (Å²) < 4.78 is 0. The molecule has 2 unspecified atom stereocenters. The fourth-order valence-electron chi connectivity index (χ4n) is 1.22. The number of carbonyl (C=O) groups is 2. The van der Waals surface area contributed by atoms with Gasteiger partial charge in [0, 0.05) is 26.1 Å². The Bertz CT molecular complexity index is 256. The number of carboxylic acids is 1. The average molecular weight is 246 g/mol. The molecule has 2 atom stereocenters. The molecule has 100 valence electrons. The second kappa shape index (κ2) is 7.89. The van der Waals surface area contributed by atoms with Gasteiger partial charge in [0.2, 0.25) is 0 Å². The van der Waals surface area contributed by atoms with Gasteiger partial charge in [-0.3, -0.25) is 4.79 Å². The fraction of sp³-hybridized carbons (Fsp3) is 0.818. The van der Waals surface area contributed by atoms with Crippen molar-refractivity contribution in [2.75, 3.05) is 13.6 Å². The number of urea groups is 1. The normalized spacial score (nSPS) is 13.9. The summed E-state index contributed by atoms with van der Waals surface area (Å²) in [5.74, 6) is -0.867. The molecule has 0 aromatic rings. The molecular weight excluding hydrogens is 224 g/mol. The van der Waals surface area contributed by atoms with Gasteiger partial charge in [-0.25, -0.2) is 4.79 Å². The fourth-order valence-corrected chi connectivity index (χ4v) is 1.22. The highest BCUT2D eigenvalue weighted by Crippen LogP contribution is 1.99. The summed E-state index contributed by atoms with van der Waals surface area (Å²) in [5.41, 5.74) is 0. The zero-order chi connectivity index (χ0) is 13.4. The van der Waals surface area contributed by atoms with E-state index >= 15 is 0 Å². The van der Waals surface area contributed by atoms with Crippen LogP contribution in [0.25, 0.3) is 0 Å². The molecule has 0 aliphatic carbocycles. The minimum absolute atomic E-state index is 0.0405. The topological polar surface area (TPSA) is 89.9 Å². The van der Waals surface area contributed by atoms with Crippen molar-refractivity contribution < 1.29 is 19.8 Å². The minimum atomic E-state index is -0.867. The van der Waals surface area contributed by atoms with E-state index in [0.29, 0.717) is 19.4 Å². The molecule has 0 heterocycles. The molecule has 17 heavy (non-hydrogen) atoms. The number of aliphatic hydroxyl groups excluding tert-OH is 1. The summed E-state index contributed by atoms with van der Waals surface area (Å²) >= 11 is 0. The molecule has 0 aliphatic rings. The molecule has 0 aromatic carbocycles. The lowest BCUT2D eigenvalue weighted by Crippen LogP contribution is -2.42. The van der Waals surface area contributed by atoms with Crippen molar-refractivity contribution in [2.24, 2.45) is 0 Å². The van der Waals surface area contributed by atoms with Crippen molar-refractivity contribution in [3.05, 3.63) is 0 Å². The first-order valence-corrected chi connectivity index (χ1v) is 5.74. The maximum Gasteiger partial charge on any atom is 0.317 e. The number of amides is 2. The van der Waals surface area contributed by atoms with Gasteiger partial charge < -0.3 is 20.4 Å². The van der Waals surface area contributed by atoms with Gasteiger partial charge in [0.15, 0.2) is 0 Å². The molecule has 0 aromatic heterocycles. The number of rotatable bonds is 7. The average Bonchev–Trinajstić information content (AvgIpc) is 2.22. The summed E-state index contributed by atoms with van der Waals surface area (Å²) in [5, 5.41) is 20.3. The standard InChI is InChI=1S/C11H22N2O4/c1-8(4-5-10(15)16)12-11(17)13(3)7-6-9(2)14/h8-9,14H,4-7H2,1-3H3,(H,12,17)(H,15,16). The summed E-state index contributed by atoms with van der Waals surface area (Å²) in [6.45, 7) is 3.90. The van der Waals surface area contributed by atoms with E-state index in [1.807, 2.05) is 0 Å². The number of nitrogens with zero attached hydrogens (tertiary/aromatic N) is 1. The lowest BCUT2D eigenvalue weighted by molar-refractivity contribution is -0.137. The molecule has 6 heteroatoms. The highest BCUT2D eigenvalue weighted by Gasteiger charge is 2.13. The number of nitrogens with one attached hydrogen (secondary N) is 1. The van der Waals surface area contributed by atoms with Crippen LogP contribution in [0, 0.1) is 0 Å². The van der Waals surface area contributed by atoms with Gasteiger partial charge in [-0.1, -0.05) is 0 Å². The van der Waals surface area contributed by atoms with Crippen molar-refractivity contribution in [3.63, 3.8) is 0 Å². The summed E-state index contributed by atoms with van der Waals surface area (Å²) in [6.07, 6.45) is 0.534. The summed E-state index contributed by atoms with van der Waals surface area (Å²) in [6, 6.07) is -0.420. The van der Waals surface area contributed by atoms with E-state index in [1.165, 1.54) is 4.90 Å². The van der Waals surface area contributed by atoms with Crippen molar-refractivity contribution in [1.82, 2.24) is 10.2 Å². The Morgan fingerprint density at radius 3 is 2.35 bits per heavy atom. The Hall–Kier alpha value is -1.30. The minimum Gasteiger partial charge on any atom is -0.481 e. The van der Waals surface area contributed by atoms with Crippen LogP contribution in [-0.2, 0) is 4.79 Å². The highest BCUT2D eigenvalue weighted by atomic mass is 16.4. The molecule has 6 nitrogen and oxygen atoms in total. The Labute approximate surface area is 102 Å². The van der Waals surface area contributed by atoms with Crippen LogP contribution in [0.2, 0.25) is 0 Å². The SMILES string of the molecule is CC(O)CCN(C)C(=O)NC(C)CCC(=O)O.